The minimum absolute atomic E-state index is 0.200. The van der Waals surface area contributed by atoms with Crippen molar-refractivity contribution in [1.29, 1.82) is 0 Å². The van der Waals surface area contributed by atoms with Crippen LogP contribution in [0.4, 0.5) is 11.5 Å². The molecule has 3 N–H and O–H groups in total. The fourth-order valence-electron chi connectivity index (χ4n) is 4.43. The van der Waals surface area contributed by atoms with Gasteiger partial charge in [-0.2, -0.15) is 0 Å². The number of aromatic nitrogens is 2. The first-order valence-electron chi connectivity index (χ1n) is 12.6. The molecular formula is C29H28ClN5O4. The van der Waals surface area contributed by atoms with Gasteiger partial charge in [-0.15, -0.1) is 0 Å². The van der Waals surface area contributed by atoms with Crippen LogP contribution in [0.3, 0.4) is 0 Å². The minimum atomic E-state index is -0.739. The van der Waals surface area contributed by atoms with E-state index in [1.807, 2.05) is 42.5 Å². The second-order valence-electron chi connectivity index (χ2n) is 9.15. The summed E-state index contributed by atoms with van der Waals surface area (Å²) >= 11 is 6.33. The van der Waals surface area contributed by atoms with Crippen molar-refractivity contribution in [3.63, 3.8) is 0 Å². The van der Waals surface area contributed by atoms with Crippen molar-refractivity contribution >= 4 is 45.8 Å². The van der Waals surface area contributed by atoms with E-state index in [1.165, 1.54) is 6.33 Å². The van der Waals surface area contributed by atoms with E-state index in [0.29, 0.717) is 51.8 Å². The lowest BCUT2D eigenvalue weighted by Gasteiger charge is -2.20. The van der Waals surface area contributed by atoms with Gasteiger partial charge < -0.3 is 25.4 Å². The van der Waals surface area contributed by atoms with E-state index in [4.69, 9.17) is 21.1 Å². The molecular weight excluding hydrogens is 518 g/mol. The first kappa shape index (κ1) is 26.2. The van der Waals surface area contributed by atoms with Gasteiger partial charge in [-0.05, 0) is 35.7 Å². The van der Waals surface area contributed by atoms with E-state index >= 15 is 0 Å². The van der Waals surface area contributed by atoms with Gasteiger partial charge in [0.2, 0.25) is 11.8 Å². The monoisotopic (exact) mass is 545 g/mol. The molecule has 1 aromatic heterocycles. The van der Waals surface area contributed by atoms with Gasteiger partial charge in [0.1, 0.15) is 18.2 Å². The smallest absolute Gasteiger partial charge is 0.243 e. The first-order valence-corrected chi connectivity index (χ1v) is 13.0. The Morgan fingerprint density at radius 3 is 2.74 bits per heavy atom. The second-order valence-corrected chi connectivity index (χ2v) is 9.59. The van der Waals surface area contributed by atoms with Crippen LogP contribution in [0.5, 0.6) is 11.5 Å². The predicted octanol–water partition coefficient (Wildman–Crippen LogP) is 4.55. The Labute approximate surface area is 230 Å². The standard InChI is InChI=1S/C29H28ClN5O4/c1-38-25-15-23-21-14-26(25)39-11-5-8-27(36)34-24(12-18-6-3-2-4-7-18)29(37)31-16-19-9-10-20(30)13-22(19)35-28(21)33-17-32-23/h2-4,6-7,9-10,13-15,17,24H,5,8,11-12,16H2,1H3,(H,31,37)(H,34,36)(H,32,33,35). The maximum atomic E-state index is 13.3. The number of hydrogen-bond donors (Lipinski definition) is 3. The maximum Gasteiger partial charge on any atom is 0.243 e. The molecule has 0 saturated carbocycles. The fraction of sp³-hybridized carbons (Fsp3) is 0.241. The molecule has 39 heavy (non-hydrogen) atoms. The number of methoxy groups -OCH3 is 1. The highest BCUT2D eigenvalue weighted by Gasteiger charge is 2.22. The third kappa shape index (κ3) is 6.38. The summed E-state index contributed by atoms with van der Waals surface area (Å²) in [6.07, 6.45) is 2.48. The van der Waals surface area contributed by atoms with E-state index in [0.717, 1.165) is 11.1 Å². The average Bonchev–Trinajstić information content (AvgIpc) is 2.94. The van der Waals surface area contributed by atoms with Crippen LogP contribution in [-0.2, 0) is 22.6 Å². The van der Waals surface area contributed by atoms with Crippen molar-refractivity contribution in [3.05, 3.63) is 83.1 Å². The maximum absolute atomic E-state index is 13.3. The van der Waals surface area contributed by atoms with Crippen LogP contribution in [0.25, 0.3) is 10.9 Å². The van der Waals surface area contributed by atoms with Crippen molar-refractivity contribution in [2.24, 2.45) is 0 Å². The molecule has 3 aromatic carbocycles. The molecule has 0 saturated heterocycles. The average molecular weight is 546 g/mol. The van der Waals surface area contributed by atoms with Crippen LogP contribution in [0, 0.1) is 0 Å². The van der Waals surface area contributed by atoms with Gasteiger partial charge in [0.05, 0.1) is 19.2 Å². The van der Waals surface area contributed by atoms with E-state index in [1.54, 1.807) is 25.3 Å². The lowest BCUT2D eigenvalue weighted by Crippen LogP contribution is -2.47. The van der Waals surface area contributed by atoms with Crippen molar-refractivity contribution in [2.75, 3.05) is 19.0 Å². The minimum Gasteiger partial charge on any atom is -0.493 e. The van der Waals surface area contributed by atoms with Crippen LogP contribution < -0.4 is 25.4 Å². The molecule has 10 heteroatoms. The zero-order chi connectivity index (χ0) is 27.2. The SMILES string of the molecule is COc1cc2ncnc3c2cc1OCCCC(=O)NC(Cc1ccccc1)C(=O)NCc1ccc(Cl)cc1N3. The highest BCUT2D eigenvalue weighted by atomic mass is 35.5. The molecule has 0 spiro atoms. The number of ether oxygens (including phenoxy) is 2. The number of amides is 2. The Morgan fingerprint density at radius 1 is 1.08 bits per heavy atom. The Bertz CT molecular complexity index is 1500. The molecule has 2 bridgehead atoms. The molecule has 9 nitrogen and oxygen atoms in total. The van der Waals surface area contributed by atoms with Crippen LogP contribution in [0.2, 0.25) is 5.02 Å². The summed E-state index contributed by atoms with van der Waals surface area (Å²) in [6, 6.07) is 17.8. The molecule has 1 aliphatic heterocycles. The lowest BCUT2D eigenvalue weighted by atomic mass is 10.0. The lowest BCUT2D eigenvalue weighted by molar-refractivity contribution is -0.129. The zero-order valence-corrected chi connectivity index (χ0v) is 22.1. The summed E-state index contributed by atoms with van der Waals surface area (Å²) in [5.74, 6) is 1.07. The van der Waals surface area contributed by atoms with Crippen LogP contribution in [-0.4, -0.2) is 41.5 Å². The van der Waals surface area contributed by atoms with Gasteiger partial charge in [0.15, 0.2) is 11.5 Å². The number of benzene rings is 3. The number of halogens is 1. The summed E-state index contributed by atoms with van der Waals surface area (Å²) < 4.78 is 11.5. The Balaban J connectivity index is 1.51. The number of nitrogens with one attached hydrogen (secondary N) is 3. The molecule has 2 amide bonds. The Hall–Kier alpha value is -4.37. The highest BCUT2D eigenvalue weighted by molar-refractivity contribution is 6.30. The van der Waals surface area contributed by atoms with Crippen molar-refractivity contribution in [3.8, 4) is 11.5 Å². The number of rotatable bonds is 3. The van der Waals surface area contributed by atoms with Gasteiger partial charge in [0.25, 0.3) is 0 Å². The van der Waals surface area contributed by atoms with Crippen LogP contribution in [0.15, 0.2) is 67.0 Å². The van der Waals surface area contributed by atoms with Crippen molar-refractivity contribution in [1.82, 2.24) is 20.6 Å². The Morgan fingerprint density at radius 2 is 1.92 bits per heavy atom. The van der Waals surface area contributed by atoms with Gasteiger partial charge in [-0.25, -0.2) is 9.97 Å². The second kappa shape index (κ2) is 12.0. The van der Waals surface area contributed by atoms with Crippen LogP contribution >= 0.6 is 11.6 Å². The molecule has 5 rings (SSSR count). The molecule has 2 heterocycles. The number of fused-ring (bicyclic) bond motifs is 2. The number of hydrogen-bond acceptors (Lipinski definition) is 7. The summed E-state index contributed by atoms with van der Waals surface area (Å²) in [7, 11) is 1.56. The fourth-order valence-corrected chi connectivity index (χ4v) is 4.60. The summed E-state index contributed by atoms with van der Waals surface area (Å²) in [6.45, 7) is 0.491. The molecule has 0 fully saturated rings. The van der Waals surface area contributed by atoms with Gasteiger partial charge >= 0.3 is 0 Å². The predicted molar refractivity (Wildman–Crippen MR) is 149 cm³/mol. The summed E-state index contributed by atoms with van der Waals surface area (Å²) in [5, 5.41) is 10.5. The molecule has 0 aliphatic carbocycles. The summed E-state index contributed by atoms with van der Waals surface area (Å²) in [5.41, 5.74) is 3.07. The van der Waals surface area contributed by atoms with E-state index < -0.39 is 6.04 Å². The van der Waals surface area contributed by atoms with Gasteiger partial charge in [-0.3, -0.25) is 9.59 Å². The molecule has 0 radical (unpaired) electrons. The first-order chi connectivity index (χ1) is 19.0. The number of carbonyl (C=O) groups is 2. The molecule has 1 atom stereocenters. The zero-order valence-electron chi connectivity index (χ0n) is 21.4. The largest absolute Gasteiger partial charge is 0.493 e. The number of nitrogens with zero attached hydrogens (tertiary/aromatic N) is 2. The third-order valence-corrected chi connectivity index (χ3v) is 6.67. The normalized spacial score (nSPS) is 16.3. The van der Waals surface area contributed by atoms with Crippen LogP contribution in [0.1, 0.15) is 24.0 Å². The Kier molecular flexibility index (Phi) is 8.07. The number of carbonyl (C=O) groups excluding carboxylic acids is 2. The highest BCUT2D eigenvalue weighted by Crippen LogP contribution is 2.35. The third-order valence-electron chi connectivity index (χ3n) is 6.44. The molecule has 4 aromatic rings. The van der Waals surface area contributed by atoms with E-state index in [2.05, 4.69) is 25.9 Å². The molecule has 200 valence electrons. The van der Waals surface area contributed by atoms with E-state index in [-0.39, 0.29) is 31.4 Å². The van der Waals surface area contributed by atoms with Gasteiger partial charge in [-0.1, -0.05) is 48.0 Å². The van der Waals surface area contributed by atoms with Crippen molar-refractivity contribution < 1.29 is 19.1 Å². The topological polar surface area (TPSA) is 114 Å². The molecule has 1 unspecified atom stereocenters. The van der Waals surface area contributed by atoms with E-state index in [9.17, 15) is 9.59 Å². The number of anilines is 2. The summed E-state index contributed by atoms with van der Waals surface area (Å²) in [4.78, 5) is 35.0. The quantitative estimate of drug-likeness (QED) is 0.346. The van der Waals surface area contributed by atoms with Gasteiger partial charge in [0, 0.05) is 41.5 Å². The van der Waals surface area contributed by atoms with Crippen molar-refractivity contribution in [2.45, 2.75) is 31.8 Å². The molecule has 1 aliphatic rings.